The van der Waals surface area contributed by atoms with Gasteiger partial charge in [0.05, 0.1) is 14.2 Å². The lowest BCUT2D eigenvalue weighted by molar-refractivity contribution is 0.179. The van der Waals surface area contributed by atoms with E-state index in [4.69, 9.17) is 9.47 Å². The Balaban J connectivity index is 1.38. The number of piperidine rings is 1. The molecule has 2 aliphatic rings. The van der Waals surface area contributed by atoms with Gasteiger partial charge >= 0.3 is 6.03 Å². The van der Waals surface area contributed by atoms with Crippen molar-refractivity contribution in [1.82, 2.24) is 15.5 Å². The fraction of sp³-hybridized carbons (Fsp3) is 0.650. The van der Waals surface area contributed by atoms with E-state index >= 15 is 0 Å². The number of amides is 2. The second kappa shape index (κ2) is 9.12. The lowest BCUT2D eigenvalue weighted by Crippen LogP contribution is -2.49. The number of hydrogen-bond acceptors (Lipinski definition) is 4. The number of nitrogens with one attached hydrogen (secondary N) is 2. The summed E-state index contributed by atoms with van der Waals surface area (Å²) in [6.45, 7) is 2.98. The molecular formula is C20H31N3O3. The Morgan fingerprint density at radius 2 is 2.00 bits per heavy atom. The zero-order valence-corrected chi connectivity index (χ0v) is 15.9. The van der Waals surface area contributed by atoms with Crippen molar-refractivity contribution in [3.63, 3.8) is 0 Å². The summed E-state index contributed by atoms with van der Waals surface area (Å²) >= 11 is 0. The van der Waals surface area contributed by atoms with Crippen molar-refractivity contribution >= 4 is 6.03 Å². The van der Waals surface area contributed by atoms with E-state index in [0.717, 1.165) is 37.3 Å². The molecule has 144 valence electrons. The molecule has 2 unspecified atom stereocenters. The molecule has 1 aromatic rings. The highest BCUT2D eigenvalue weighted by Gasteiger charge is 2.36. The Morgan fingerprint density at radius 1 is 1.15 bits per heavy atom. The molecule has 2 aliphatic heterocycles. The molecule has 6 nitrogen and oxygen atoms in total. The summed E-state index contributed by atoms with van der Waals surface area (Å²) < 4.78 is 10.6. The fourth-order valence-electron chi connectivity index (χ4n) is 4.17. The standard InChI is InChI=1S/C20H31N3O3/c1-25-18-9-8-15(14-19(18)26-2)6-5-11-21-20(24)22-16-10-13-23-12-4-3-7-17(16)23/h8-9,14,16-17H,3-7,10-13H2,1-2H3,(H2,21,22,24). The van der Waals surface area contributed by atoms with Gasteiger partial charge in [-0.2, -0.15) is 0 Å². The van der Waals surface area contributed by atoms with E-state index in [-0.39, 0.29) is 6.03 Å². The van der Waals surface area contributed by atoms with Gasteiger partial charge in [-0.25, -0.2) is 4.79 Å². The summed E-state index contributed by atoms with van der Waals surface area (Å²) in [4.78, 5) is 14.7. The molecule has 2 saturated heterocycles. The first kappa shape index (κ1) is 18.8. The van der Waals surface area contributed by atoms with Gasteiger partial charge < -0.3 is 20.1 Å². The van der Waals surface area contributed by atoms with E-state index in [1.165, 1.54) is 31.4 Å². The Bertz CT molecular complexity index is 608. The summed E-state index contributed by atoms with van der Waals surface area (Å²) in [5.74, 6) is 1.48. The van der Waals surface area contributed by atoms with Gasteiger partial charge in [0, 0.05) is 25.2 Å². The molecule has 2 N–H and O–H groups in total. The van der Waals surface area contributed by atoms with Crippen molar-refractivity contribution in [2.45, 2.75) is 50.6 Å². The second-order valence-corrected chi connectivity index (χ2v) is 7.19. The average molecular weight is 361 g/mol. The number of methoxy groups -OCH3 is 2. The minimum atomic E-state index is -0.0327. The van der Waals surface area contributed by atoms with Crippen LogP contribution in [0.25, 0.3) is 0 Å². The number of urea groups is 1. The van der Waals surface area contributed by atoms with Gasteiger partial charge in [-0.1, -0.05) is 12.5 Å². The molecule has 3 rings (SSSR count). The van der Waals surface area contributed by atoms with Crippen LogP contribution < -0.4 is 20.1 Å². The molecule has 2 atom stereocenters. The minimum absolute atomic E-state index is 0.0327. The molecule has 0 radical (unpaired) electrons. The topological polar surface area (TPSA) is 62.8 Å². The normalized spacial score (nSPS) is 22.5. The Kier molecular flexibility index (Phi) is 6.61. The second-order valence-electron chi connectivity index (χ2n) is 7.19. The van der Waals surface area contributed by atoms with Gasteiger partial charge in [-0.05, 0) is 56.3 Å². The van der Waals surface area contributed by atoms with Crippen molar-refractivity contribution in [2.75, 3.05) is 33.9 Å². The zero-order valence-electron chi connectivity index (χ0n) is 15.9. The van der Waals surface area contributed by atoms with Gasteiger partial charge in [0.2, 0.25) is 0 Å². The van der Waals surface area contributed by atoms with Crippen molar-refractivity contribution in [1.29, 1.82) is 0 Å². The lowest BCUT2D eigenvalue weighted by Gasteiger charge is -2.32. The Morgan fingerprint density at radius 3 is 2.81 bits per heavy atom. The van der Waals surface area contributed by atoms with Crippen molar-refractivity contribution in [2.24, 2.45) is 0 Å². The SMILES string of the molecule is COc1ccc(CCCNC(=O)NC2CCN3CCCCC23)cc1OC. The van der Waals surface area contributed by atoms with E-state index in [9.17, 15) is 4.79 Å². The number of carbonyl (C=O) groups is 1. The lowest BCUT2D eigenvalue weighted by atomic mass is 9.99. The van der Waals surface area contributed by atoms with Crippen molar-refractivity contribution in [3.05, 3.63) is 23.8 Å². The summed E-state index contributed by atoms with van der Waals surface area (Å²) in [5.41, 5.74) is 1.18. The van der Waals surface area contributed by atoms with Gasteiger partial charge in [0.1, 0.15) is 0 Å². The van der Waals surface area contributed by atoms with E-state index in [0.29, 0.717) is 18.6 Å². The third-order valence-electron chi connectivity index (χ3n) is 5.55. The number of nitrogens with zero attached hydrogens (tertiary/aromatic N) is 1. The average Bonchev–Trinajstić information content (AvgIpc) is 3.08. The summed E-state index contributed by atoms with van der Waals surface area (Å²) in [6, 6.07) is 6.77. The smallest absolute Gasteiger partial charge is 0.315 e. The van der Waals surface area contributed by atoms with Crippen LogP contribution in [0.1, 0.15) is 37.7 Å². The van der Waals surface area contributed by atoms with E-state index in [1.807, 2.05) is 18.2 Å². The quantitative estimate of drug-likeness (QED) is 0.733. The first-order valence-corrected chi connectivity index (χ1v) is 9.70. The Hall–Kier alpha value is -1.95. The third-order valence-corrected chi connectivity index (χ3v) is 5.55. The van der Waals surface area contributed by atoms with Gasteiger partial charge in [-0.15, -0.1) is 0 Å². The van der Waals surface area contributed by atoms with Crippen molar-refractivity contribution < 1.29 is 14.3 Å². The predicted octanol–water partition coefficient (Wildman–Crippen LogP) is 2.56. The molecule has 0 saturated carbocycles. The predicted molar refractivity (Wildman–Crippen MR) is 102 cm³/mol. The monoisotopic (exact) mass is 361 g/mol. The highest BCUT2D eigenvalue weighted by molar-refractivity contribution is 5.74. The first-order valence-electron chi connectivity index (χ1n) is 9.70. The molecule has 0 aliphatic carbocycles. The van der Waals surface area contributed by atoms with Crippen LogP contribution in [0.2, 0.25) is 0 Å². The number of carbonyl (C=O) groups excluding carboxylic acids is 1. The van der Waals surface area contributed by atoms with Gasteiger partial charge in [-0.3, -0.25) is 4.90 Å². The minimum Gasteiger partial charge on any atom is -0.493 e. The number of ether oxygens (including phenoxy) is 2. The third kappa shape index (κ3) is 4.61. The molecule has 0 spiro atoms. The molecule has 26 heavy (non-hydrogen) atoms. The number of rotatable bonds is 7. The van der Waals surface area contributed by atoms with Crippen LogP contribution in [0.4, 0.5) is 4.79 Å². The fourth-order valence-corrected chi connectivity index (χ4v) is 4.17. The number of aryl methyl sites for hydroxylation is 1. The summed E-state index contributed by atoms with van der Waals surface area (Å²) in [6.07, 6.45) is 6.65. The molecular weight excluding hydrogens is 330 g/mol. The summed E-state index contributed by atoms with van der Waals surface area (Å²) in [7, 11) is 3.28. The van der Waals surface area contributed by atoms with Gasteiger partial charge in [0.15, 0.2) is 11.5 Å². The number of hydrogen-bond donors (Lipinski definition) is 2. The van der Waals surface area contributed by atoms with E-state index < -0.39 is 0 Å². The van der Waals surface area contributed by atoms with Gasteiger partial charge in [0.25, 0.3) is 0 Å². The zero-order chi connectivity index (χ0) is 18.4. The highest BCUT2D eigenvalue weighted by atomic mass is 16.5. The molecule has 0 aromatic heterocycles. The van der Waals surface area contributed by atoms with Crippen LogP contribution in [0.3, 0.4) is 0 Å². The maximum absolute atomic E-state index is 12.2. The molecule has 6 heteroatoms. The first-order chi connectivity index (χ1) is 12.7. The maximum Gasteiger partial charge on any atom is 0.315 e. The van der Waals surface area contributed by atoms with Crippen LogP contribution in [0.15, 0.2) is 18.2 Å². The van der Waals surface area contributed by atoms with Crippen molar-refractivity contribution in [3.8, 4) is 11.5 Å². The molecule has 2 fully saturated rings. The molecule has 2 heterocycles. The van der Waals surface area contributed by atoms with Crippen LogP contribution in [-0.2, 0) is 6.42 Å². The van der Waals surface area contributed by atoms with E-state index in [1.54, 1.807) is 14.2 Å². The number of fused-ring (bicyclic) bond motifs is 1. The van der Waals surface area contributed by atoms with Crippen LogP contribution in [0.5, 0.6) is 11.5 Å². The Labute approximate surface area is 156 Å². The largest absolute Gasteiger partial charge is 0.493 e. The maximum atomic E-state index is 12.2. The van der Waals surface area contributed by atoms with Crippen LogP contribution in [0, 0.1) is 0 Å². The van der Waals surface area contributed by atoms with E-state index in [2.05, 4.69) is 15.5 Å². The van der Waals surface area contributed by atoms with Crippen LogP contribution >= 0.6 is 0 Å². The number of benzene rings is 1. The summed E-state index contributed by atoms with van der Waals surface area (Å²) in [5, 5.41) is 6.18. The highest BCUT2D eigenvalue weighted by Crippen LogP contribution is 2.28. The molecule has 1 aromatic carbocycles. The molecule has 0 bridgehead atoms. The molecule has 2 amide bonds. The van der Waals surface area contributed by atoms with Crippen LogP contribution in [-0.4, -0.2) is 56.9 Å².